The Hall–Kier alpha value is -1.50. The Morgan fingerprint density at radius 1 is 1.00 bits per heavy atom. The molecule has 2 aromatic carbocycles. The average Bonchev–Trinajstić information content (AvgIpc) is 2.69. The van der Waals surface area contributed by atoms with Crippen LogP contribution < -0.4 is 5.32 Å². The number of nitrogens with zero attached hydrogens (tertiary/aromatic N) is 3. The molecule has 1 saturated heterocycles. The third kappa shape index (κ3) is 5.04. The van der Waals surface area contributed by atoms with E-state index in [4.69, 9.17) is 23.2 Å². The number of halogens is 3. The maximum Gasteiger partial charge on any atom is 0.321 e. The minimum Gasteiger partial charge on any atom is -0.322 e. The summed E-state index contributed by atoms with van der Waals surface area (Å²) in [5.74, 6) is 0.197. The van der Waals surface area contributed by atoms with E-state index in [1.165, 1.54) is 11.1 Å². The van der Waals surface area contributed by atoms with Crippen LogP contribution in [0.2, 0.25) is 10.0 Å². The minimum absolute atomic E-state index is 0. The van der Waals surface area contributed by atoms with Crippen LogP contribution in [0.25, 0.3) is 0 Å². The van der Waals surface area contributed by atoms with Crippen LogP contribution in [0.3, 0.4) is 0 Å². The highest BCUT2D eigenvalue weighted by molar-refractivity contribution is 6.35. The second-order valence-corrected chi connectivity index (χ2v) is 8.89. The van der Waals surface area contributed by atoms with E-state index in [1.807, 2.05) is 29.2 Å². The second-order valence-electron chi connectivity index (χ2n) is 8.05. The van der Waals surface area contributed by atoms with E-state index in [1.54, 1.807) is 0 Å². The van der Waals surface area contributed by atoms with Gasteiger partial charge in [0.25, 0.3) is 0 Å². The topological polar surface area (TPSA) is 38.8 Å². The maximum absolute atomic E-state index is 12.5. The van der Waals surface area contributed by atoms with Crippen LogP contribution in [0.4, 0.5) is 10.5 Å². The molecule has 0 bridgehead atoms. The Kier molecular flexibility index (Phi) is 7.53. The van der Waals surface area contributed by atoms with Crippen molar-refractivity contribution in [2.45, 2.75) is 12.5 Å². The lowest BCUT2D eigenvalue weighted by Gasteiger charge is -2.33. The van der Waals surface area contributed by atoms with Gasteiger partial charge in [0, 0.05) is 60.9 Å². The van der Waals surface area contributed by atoms with Crippen molar-refractivity contribution in [1.29, 1.82) is 0 Å². The summed E-state index contributed by atoms with van der Waals surface area (Å²) in [4.78, 5) is 18.9. The predicted molar refractivity (Wildman–Crippen MR) is 126 cm³/mol. The van der Waals surface area contributed by atoms with Gasteiger partial charge in [-0.2, -0.15) is 0 Å². The number of rotatable bonds is 2. The summed E-state index contributed by atoms with van der Waals surface area (Å²) in [5.41, 5.74) is 4.33. The summed E-state index contributed by atoms with van der Waals surface area (Å²) in [5, 5.41) is 4.41. The third-order valence-electron chi connectivity index (χ3n) is 5.85. The van der Waals surface area contributed by atoms with Gasteiger partial charge in [0.2, 0.25) is 0 Å². The molecular weight excluding hydrogens is 443 g/mol. The molecule has 0 aliphatic carbocycles. The number of anilines is 1. The van der Waals surface area contributed by atoms with Gasteiger partial charge in [0.15, 0.2) is 0 Å². The molecule has 1 unspecified atom stereocenters. The number of hydrogen-bond acceptors (Lipinski definition) is 3. The summed E-state index contributed by atoms with van der Waals surface area (Å²) in [6, 6.07) is 11.9. The van der Waals surface area contributed by atoms with Crippen molar-refractivity contribution in [3.8, 4) is 0 Å². The zero-order valence-corrected chi connectivity index (χ0v) is 19.5. The number of nitrogens with one attached hydrogen (secondary N) is 1. The SMILES string of the molecule is CN1CCN(C(=O)Nc2ccc(C3CN(C)Cc4c(Cl)cc(Cl)cc43)cc2)CC1.Cl. The summed E-state index contributed by atoms with van der Waals surface area (Å²) >= 11 is 12.7. The van der Waals surface area contributed by atoms with Crippen LogP contribution >= 0.6 is 35.6 Å². The largest absolute Gasteiger partial charge is 0.322 e. The molecule has 30 heavy (non-hydrogen) atoms. The summed E-state index contributed by atoms with van der Waals surface area (Å²) in [7, 11) is 4.18. The quantitative estimate of drug-likeness (QED) is 0.688. The molecule has 1 atom stereocenters. The lowest BCUT2D eigenvalue weighted by molar-refractivity contribution is 0.164. The highest BCUT2D eigenvalue weighted by atomic mass is 35.5. The first-order chi connectivity index (χ1) is 13.9. The molecule has 0 spiro atoms. The predicted octanol–water partition coefficient (Wildman–Crippen LogP) is 4.77. The van der Waals surface area contributed by atoms with E-state index in [-0.39, 0.29) is 24.4 Å². The molecule has 2 amide bonds. The molecule has 162 valence electrons. The molecular formula is C22H27Cl3N4O. The Labute approximate surface area is 194 Å². The smallest absolute Gasteiger partial charge is 0.321 e. The molecule has 1 N–H and O–H groups in total. The van der Waals surface area contributed by atoms with Crippen LogP contribution in [0.5, 0.6) is 0 Å². The van der Waals surface area contributed by atoms with Gasteiger partial charge in [-0.05, 0) is 55.1 Å². The molecule has 2 aromatic rings. The number of urea groups is 1. The second kappa shape index (κ2) is 9.75. The first kappa shape index (κ1) is 23.2. The van der Waals surface area contributed by atoms with Crippen LogP contribution in [-0.4, -0.2) is 67.5 Å². The van der Waals surface area contributed by atoms with Gasteiger partial charge in [-0.15, -0.1) is 12.4 Å². The first-order valence-corrected chi connectivity index (χ1v) is 10.7. The summed E-state index contributed by atoms with van der Waals surface area (Å²) < 4.78 is 0. The standard InChI is InChI=1S/C22H26Cl2N4O.ClH/c1-26-7-9-28(10-8-26)22(29)25-17-5-3-15(4-6-17)19-13-27(2)14-20-18(19)11-16(23)12-21(20)24;/h3-6,11-12,19H,7-10,13-14H2,1-2H3,(H,25,29);1H. The molecule has 0 radical (unpaired) electrons. The number of carbonyl (C=O) groups is 1. The van der Waals surface area contributed by atoms with Crippen LogP contribution in [0, 0.1) is 0 Å². The minimum atomic E-state index is -0.0350. The third-order valence-corrected chi connectivity index (χ3v) is 6.40. The maximum atomic E-state index is 12.5. The Balaban J connectivity index is 0.00000256. The first-order valence-electron chi connectivity index (χ1n) is 9.91. The molecule has 2 aliphatic heterocycles. The van der Waals surface area contributed by atoms with E-state index >= 15 is 0 Å². The normalized spacial score (nSPS) is 19.7. The van der Waals surface area contributed by atoms with Crippen molar-refractivity contribution < 1.29 is 4.79 Å². The van der Waals surface area contributed by atoms with Crippen molar-refractivity contribution in [2.24, 2.45) is 0 Å². The summed E-state index contributed by atoms with van der Waals surface area (Å²) in [6.45, 7) is 5.05. The number of piperazine rings is 1. The fraction of sp³-hybridized carbons (Fsp3) is 0.409. The lowest BCUT2D eigenvalue weighted by atomic mass is 9.85. The van der Waals surface area contributed by atoms with Gasteiger partial charge in [-0.1, -0.05) is 35.3 Å². The van der Waals surface area contributed by atoms with Crippen LogP contribution in [-0.2, 0) is 6.54 Å². The highest BCUT2D eigenvalue weighted by Crippen LogP contribution is 2.38. The molecule has 5 nitrogen and oxygen atoms in total. The van der Waals surface area contributed by atoms with Crippen molar-refractivity contribution >= 4 is 47.3 Å². The molecule has 1 fully saturated rings. The molecule has 0 aromatic heterocycles. The van der Waals surface area contributed by atoms with Gasteiger partial charge in [0.05, 0.1) is 0 Å². The van der Waals surface area contributed by atoms with E-state index in [0.29, 0.717) is 5.02 Å². The van der Waals surface area contributed by atoms with E-state index in [2.05, 4.69) is 41.3 Å². The number of likely N-dealkylation sites (N-methyl/N-ethyl adjacent to an activating group) is 2. The van der Waals surface area contributed by atoms with E-state index in [0.717, 1.165) is 55.5 Å². The van der Waals surface area contributed by atoms with Crippen molar-refractivity contribution in [3.05, 3.63) is 63.1 Å². The molecule has 2 aliphatic rings. The zero-order valence-electron chi connectivity index (χ0n) is 17.2. The molecule has 4 rings (SSSR count). The fourth-order valence-corrected chi connectivity index (χ4v) is 4.71. The van der Waals surface area contributed by atoms with Crippen molar-refractivity contribution in [3.63, 3.8) is 0 Å². The number of fused-ring (bicyclic) bond motifs is 1. The van der Waals surface area contributed by atoms with Crippen LogP contribution in [0.15, 0.2) is 36.4 Å². The van der Waals surface area contributed by atoms with E-state index < -0.39 is 0 Å². The fourth-order valence-electron chi connectivity index (χ4n) is 4.14. The number of amides is 2. The van der Waals surface area contributed by atoms with Crippen molar-refractivity contribution in [1.82, 2.24) is 14.7 Å². The van der Waals surface area contributed by atoms with Gasteiger partial charge < -0.3 is 20.0 Å². The van der Waals surface area contributed by atoms with Crippen LogP contribution in [0.1, 0.15) is 22.6 Å². The van der Waals surface area contributed by atoms with Gasteiger partial charge in [-0.25, -0.2) is 4.79 Å². The van der Waals surface area contributed by atoms with E-state index in [9.17, 15) is 4.79 Å². The summed E-state index contributed by atoms with van der Waals surface area (Å²) in [6.07, 6.45) is 0. The number of carbonyl (C=O) groups excluding carboxylic acids is 1. The molecule has 0 saturated carbocycles. The van der Waals surface area contributed by atoms with Gasteiger partial charge in [0.1, 0.15) is 0 Å². The number of benzene rings is 2. The lowest BCUT2D eigenvalue weighted by Crippen LogP contribution is -2.48. The van der Waals surface area contributed by atoms with Crippen molar-refractivity contribution in [2.75, 3.05) is 52.1 Å². The van der Waals surface area contributed by atoms with Gasteiger partial charge >= 0.3 is 6.03 Å². The molecule has 8 heteroatoms. The average molecular weight is 470 g/mol. The van der Waals surface area contributed by atoms with Gasteiger partial charge in [-0.3, -0.25) is 0 Å². The Bertz CT molecular complexity index is 898. The highest BCUT2D eigenvalue weighted by Gasteiger charge is 2.27. The number of hydrogen-bond donors (Lipinski definition) is 1. The zero-order chi connectivity index (χ0) is 20.5. The molecule has 2 heterocycles. The Morgan fingerprint density at radius 3 is 2.33 bits per heavy atom. The Morgan fingerprint density at radius 2 is 1.67 bits per heavy atom. The monoisotopic (exact) mass is 468 g/mol.